The van der Waals surface area contributed by atoms with Gasteiger partial charge in [-0.2, -0.15) is 9.37 Å². The minimum Gasteiger partial charge on any atom is -0.494 e. The summed E-state index contributed by atoms with van der Waals surface area (Å²) in [4.78, 5) is 3.79. The van der Waals surface area contributed by atoms with Crippen molar-refractivity contribution >= 4 is 0 Å². The molecule has 0 bridgehead atoms. The van der Waals surface area contributed by atoms with Crippen molar-refractivity contribution in [3.05, 3.63) is 53.0 Å². The van der Waals surface area contributed by atoms with Crippen molar-refractivity contribution in [2.24, 2.45) is 11.8 Å². The summed E-state index contributed by atoms with van der Waals surface area (Å²) in [6.45, 7) is 6.77. The van der Waals surface area contributed by atoms with E-state index in [9.17, 15) is 0 Å². The Labute approximate surface area is 244 Å². The van der Waals surface area contributed by atoms with E-state index in [1.54, 1.807) is 24.3 Å². The van der Waals surface area contributed by atoms with Crippen LogP contribution in [0.15, 0.2) is 30.3 Å². The van der Waals surface area contributed by atoms with E-state index in [4.69, 9.17) is 14.2 Å². The minimum atomic E-state index is -3.36. The number of fused-ring (bicyclic) bond motifs is 1. The number of pyridine rings is 1. The van der Waals surface area contributed by atoms with E-state index in [0.29, 0.717) is 43.1 Å². The highest BCUT2D eigenvalue weighted by atomic mass is 19.3. The van der Waals surface area contributed by atoms with E-state index in [2.05, 4.69) is 18.8 Å². The van der Waals surface area contributed by atoms with Gasteiger partial charge in [-0.3, -0.25) is 0 Å². The smallest absolute Gasteiger partial charge is 0.284 e. The second-order valence-electron chi connectivity index (χ2n) is 11.8. The molecule has 4 rings (SSSR count). The molecule has 1 saturated carbocycles. The van der Waals surface area contributed by atoms with E-state index >= 15 is 13.2 Å². The zero-order chi connectivity index (χ0) is 29.1. The predicted molar refractivity (Wildman–Crippen MR) is 157 cm³/mol. The highest BCUT2D eigenvalue weighted by Crippen LogP contribution is 2.50. The Morgan fingerprint density at radius 3 is 2.34 bits per heavy atom. The van der Waals surface area contributed by atoms with E-state index in [1.807, 2.05) is 0 Å². The third-order valence-corrected chi connectivity index (χ3v) is 8.67. The third-order valence-electron chi connectivity index (χ3n) is 8.67. The normalized spacial score (nSPS) is 18.6. The standard InChI is InChI=1S/C34H48F3NO3/c1-3-5-8-20-39-21-10-23-40-29-17-14-27(15-18-29)30-19-16-28-24-31(38-33(35)32(28)34(30,36)37)41-22-9-6-7-11-25(4-2)26-12-13-26/h14-15,17-18,24-26,30H,3-13,16,19-23H2,1-2H3. The maximum atomic E-state index is 15.6. The summed E-state index contributed by atoms with van der Waals surface area (Å²) in [5.41, 5.74) is 0.172. The molecule has 0 aliphatic heterocycles. The monoisotopic (exact) mass is 575 g/mol. The zero-order valence-electron chi connectivity index (χ0n) is 24.9. The molecule has 228 valence electrons. The lowest BCUT2D eigenvalue weighted by Crippen LogP contribution is -2.32. The largest absolute Gasteiger partial charge is 0.494 e. The first-order valence-electron chi connectivity index (χ1n) is 15.9. The molecule has 2 atom stereocenters. The van der Waals surface area contributed by atoms with Gasteiger partial charge in [0.05, 0.1) is 24.7 Å². The molecule has 2 aromatic rings. The molecule has 0 saturated heterocycles. The molecular formula is C34H48F3NO3. The van der Waals surface area contributed by atoms with Gasteiger partial charge in [-0.1, -0.05) is 64.5 Å². The fourth-order valence-electron chi connectivity index (χ4n) is 6.10. The van der Waals surface area contributed by atoms with Crippen LogP contribution < -0.4 is 9.47 Å². The molecule has 0 radical (unpaired) electrons. The molecule has 2 aliphatic carbocycles. The van der Waals surface area contributed by atoms with Gasteiger partial charge in [0, 0.05) is 25.7 Å². The fraction of sp³-hybridized carbons (Fsp3) is 0.676. The number of unbranched alkanes of at least 4 members (excludes halogenated alkanes) is 4. The van der Waals surface area contributed by atoms with Crippen molar-refractivity contribution in [2.45, 2.75) is 109 Å². The zero-order valence-corrected chi connectivity index (χ0v) is 24.9. The van der Waals surface area contributed by atoms with Crippen LogP contribution in [-0.2, 0) is 17.1 Å². The number of alkyl halides is 2. The van der Waals surface area contributed by atoms with Crippen molar-refractivity contribution in [3.63, 3.8) is 0 Å². The van der Waals surface area contributed by atoms with Crippen LogP contribution in [0.4, 0.5) is 13.2 Å². The molecule has 0 spiro atoms. The quantitative estimate of drug-likeness (QED) is 0.124. The Balaban J connectivity index is 1.24. The Kier molecular flexibility index (Phi) is 12.2. The Hall–Kier alpha value is -2.28. The highest BCUT2D eigenvalue weighted by molar-refractivity contribution is 5.41. The first kappa shape index (κ1) is 31.7. The summed E-state index contributed by atoms with van der Waals surface area (Å²) in [6, 6.07) is 8.26. The number of hydrogen-bond donors (Lipinski definition) is 0. The Bertz CT molecular complexity index is 1060. The summed E-state index contributed by atoms with van der Waals surface area (Å²) in [6.07, 6.45) is 13.1. The van der Waals surface area contributed by atoms with Gasteiger partial charge in [0.2, 0.25) is 11.8 Å². The molecule has 1 aromatic heterocycles. The molecule has 1 aromatic carbocycles. The summed E-state index contributed by atoms with van der Waals surface area (Å²) in [5, 5.41) is 0. The Morgan fingerprint density at radius 2 is 1.61 bits per heavy atom. The molecule has 7 heteroatoms. The summed E-state index contributed by atoms with van der Waals surface area (Å²) < 4.78 is 63.3. The number of ether oxygens (including phenoxy) is 3. The van der Waals surface area contributed by atoms with Gasteiger partial charge >= 0.3 is 0 Å². The average molecular weight is 576 g/mol. The van der Waals surface area contributed by atoms with Crippen molar-refractivity contribution in [1.82, 2.24) is 4.98 Å². The van der Waals surface area contributed by atoms with Crippen molar-refractivity contribution in [3.8, 4) is 11.6 Å². The van der Waals surface area contributed by atoms with Crippen LogP contribution in [0, 0.1) is 17.8 Å². The average Bonchev–Trinajstić information content (AvgIpc) is 3.80. The summed E-state index contributed by atoms with van der Waals surface area (Å²) in [5.74, 6) is -3.09. The lowest BCUT2D eigenvalue weighted by Gasteiger charge is -2.33. The molecule has 2 aliphatic rings. The van der Waals surface area contributed by atoms with Gasteiger partial charge in [-0.15, -0.1) is 0 Å². The second kappa shape index (κ2) is 15.8. The highest BCUT2D eigenvalue weighted by Gasteiger charge is 2.49. The SMILES string of the molecule is CCCCCOCCCOc1ccc(C2CCc3cc(OCCCCCC(CC)C4CC4)nc(F)c3C2(F)F)cc1. The van der Waals surface area contributed by atoms with Gasteiger partial charge in [0.15, 0.2) is 0 Å². The summed E-state index contributed by atoms with van der Waals surface area (Å²) in [7, 11) is 0. The van der Waals surface area contributed by atoms with Crippen LogP contribution in [0.2, 0.25) is 0 Å². The Morgan fingerprint density at radius 1 is 0.878 bits per heavy atom. The third kappa shape index (κ3) is 9.10. The number of halogens is 3. The molecule has 2 unspecified atom stereocenters. The fourth-order valence-corrected chi connectivity index (χ4v) is 6.10. The van der Waals surface area contributed by atoms with Crippen molar-refractivity contribution < 1.29 is 27.4 Å². The van der Waals surface area contributed by atoms with E-state index in [-0.39, 0.29) is 12.3 Å². The summed E-state index contributed by atoms with van der Waals surface area (Å²) >= 11 is 0. The first-order chi connectivity index (χ1) is 19.9. The maximum absolute atomic E-state index is 15.6. The van der Waals surface area contributed by atoms with Gasteiger partial charge in [-0.05, 0) is 73.6 Å². The predicted octanol–water partition coefficient (Wildman–Crippen LogP) is 9.39. The van der Waals surface area contributed by atoms with Crippen LogP contribution in [0.5, 0.6) is 11.6 Å². The van der Waals surface area contributed by atoms with E-state index < -0.39 is 23.4 Å². The number of aromatic nitrogens is 1. The molecule has 1 fully saturated rings. The molecule has 0 amide bonds. The maximum Gasteiger partial charge on any atom is 0.284 e. The number of aryl methyl sites for hydroxylation is 1. The van der Waals surface area contributed by atoms with Crippen LogP contribution >= 0.6 is 0 Å². The molecule has 41 heavy (non-hydrogen) atoms. The van der Waals surface area contributed by atoms with Crippen LogP contribution in [0.25, 0.3) is 0 Å². The number of rotatable bonds is 19. The van der Waals surface area contributed by atoms with Crippen molar-refractivity contribution in [2.75, 3.05) is 26.4 Å². The molecular weight excluding hydrogens is 527 g/mol. The van der Waals surface area contributed by atoms with Crippen LogP contribution in [0.3, 0.4) is 0 Å². The van der Waals surface area contributed by atoms with E-state index in [0.717, 1.165) is 44.1 Å². The molecule has 4 nitrogen and oxygen atoms in total. The topological polar surface area (TPSA) is 40.6 Å². The first-order valence-corrected chi connectivity index (χ1v) is 15.9. The van der Waals surface area contributed by atoms with Crippen LogP contribution in [0.1, 0.15) is 114 Å². The van der Waals surface area contributed by atoms with E-state index in [1.165, 1.54) is 51.0 Å². The number of nitrogens with zero attached hydrogens (tertiary/aromatic N) is 1. The second-order valence-corrected chi connectivity index (χ2v) is 11.8. The van der Waals surface area contributed by atoms with Crippen LogP contribution in [-0.4, -0.2) is 31.4 Å². The van der Waals surface area contributed by atoms with Gasteiger partial charge in [0.1, 0.15) is 5.75 Å². The lowest BCUT2D eigenvalue weighted by molar-refractivity contribution is -0.0475. The van der Waals surface area contributed by atoms with Crippen molar-refractivity contribution in [1.29, 1.82) is 0 Å². The van der Waals surface area contributed by atoms with Gasteiger partial charge < -0.3 is 14.2 Å². The minimum absolute atomic E-state index is 0.104. The lowest BCUT2D eigenvalue weighted by atomic mass is 9.77. The van der Waals surface area contributed by atoms with Gasteiger partial charge in [0.25, 0.3) is 5.92 Å². The van der Waals surface area contributed by atoms with Gasteiger partial charge in [-0.25, -0.2) is 8.78 Å². The molecule has 0 N–H and O–H groups in total. The molecule has 1 heterocycles. The number of benzene rings is 1. The number of hydrogen-bond acceptors (Lipinski definition) is 4.